The molecule has 0 amide bonds. The maximum atomic E-state index is 11.7. The van der Waals surface area contributed by atoms with E-state index in [1.165, 1.54) is 44.8 Å². The van der Waals surface area contributed by atoms with Crippen LogP contribution < -0.4 is 5.32 Å². The third-order valence-corrected chi connectivity index (χ3v) is 6.36. The Hall–Kier alpha value is -0.130. The van der Waals surface area contributed by atoms with Crippen LogP contribution >= 0.6 is 0 Å². The Morgan fingerprint density at radius 2 is 1.81 bits per heavy atom. The van der Waals surface area contributed by atoms with Gasteiger partial charge in [-0.25, -0.2) is 12.7 Å². The molecule has 1 aliphatic carbocycles. The smallest absolute Gasteiger partial charge is 0.211 e. The molecule has 2 atom stereocenters. The van der Waals surface area contributed by atoms with Crippen molar-refractivity contribution in [1.29, 1.82) is 0 Å². The van der Waals surface area contributed by atoms with Crippen molar-refractivity contribution >= 4 is 10.0 Å². The standard InChI is InChI=1S/C16H32N2O2S/c1-3-9-17-16(11-14-6-4-7-14)12-15-8-5-10-18(13-15)21(2,19)20/h14-17H,3-13H2,1-2H3. The van der Waals surface area contributed by atoms with E-state index in [9.17, 15) is 8.42 Å². The van der Waals surface area contributed by atoms with Crippen molar-refractivity contribution in [2.45, 2.75) is 64.3 Å². The Bertz CT molecular complexity index is 407. The molecule has 2 fully saturated rings. The second kappa shape index (κ2) is 7.93. The van der Waals surface area contributed by atoms with Crippen LogP contribution in [0.15, 0.2) is 0 Å². The van der Waals surface area contributed by atoms with Gasteiger partial charge >= 0.3 is 0 Å². The van der Waals surface area contributed by atoms with E-state index in [2.05, 4.69) is 12.2 Å². The van der Waals surface area contributed by atoms with Gasteiger partial charge in [0.1, 0.15) is 0 Å². The average Bonchev–Trinajstić information content (AvgIpc) is 2.39. The first-order valence-corrected chi connectivity index (χ1v) is 10.5. The van der Waals surface area contributed by atoms with Crippen molar-refractivity contribution in [3.63, 3.8) is 0 Å². The maximum absolute atomic E-state index is 11.7. The average molecular weight is 317 g/mol. The number of rotatable bonds is 8. The molecule has 0 bridgehead atoms. The molecule has 5 heteroatoms. The third-order valence-electron chi connectivity index (χ3n) is 5.09. The maximum Gasteiger partial charge on any atom is 0.211 e. The summed E-state index contributed by atoms with van der Waals surface area (Å²) < 4.78 is 25.1. The zero-order chi connectivity index (χ0) is 15.3. The lowest BCUT2D eigenvalue weighted by molar-refractivity contribution is 0.204. The largest absolute Gasteiger partial charge is 0.314 e. The van der Waals surface area contributed by atoms with Crippen LogP contribution in [-0.2, 0) is 10.0 Å². The summed E-state index contributed by atoms with van der Waals surface area (Å²) >= 11 is 0. The highest BCUT2D eigenvalue weighted by molar-refractivity contribution is 7.88. The van der Waals surface area contributed by atoms with Crippen molar-refractivity contribution in [1.82, 2.24) is 9.62 Å². The van der Waals surface area contributed by atoms with Crippen LogP contribution in [0.25, 0.3) is 0 Å². The molecule has 0 radical (unpaired) electrons. The summed E-state index contributed by atoms with van der Waals surface area (Å²) in [6.07, 6.45) is 11.3. The fourth-order valence-corrected chi connectivity index (χ4v) is 4.61. The van der Waals surface area contributed by atoms with Crippen LogP contribution in [0, 0.1) is 11.8 Å². The summed E-state index contributed by atoms with van der Waals surface area (Å²) in [6.45, 7) is 4.73. The van der Waals surface area contributed by atoms with Crippen molar-refractivity contribution in [3.05, 3.63) is 0 Å². The number of hydrogen-bond acceptors (Lipinski definition) is 3. The number of piperidine rings is 1. The van der Waals surface area contributed by atoms with Gasteiger partial charge in [-0.2, -0.15) is 0 Å². The van der Waals surface area contributed by atoms with Gasteiger partial charge in [-0.3, -0.25) is 0 Å². The van der Waals surface area contributed by atoms with Crippen molar-refractivity contribution in [3.8, 4) is 0 Å². The van der Waals surface area contributed by atoms with E-state index in [0.717, 1.165) is 31.8 Å². The molecule has 4 nitrogen and oxygen atoms in total. The summed E-state index contributed by atoms with van der Waals surface area (Å²) in [6, 6.07) is 0.583. The summed E-state index contributed by atoms with van der Waals surface area (Å²) in [5, 5.41) is 3.70. The van der Waals surface area contributed by atoms with E-state index in [1.54, 1.807) is 4.31 Å². The molecule has 2 aliphatic rings. The first-order chi connectivity index (χ1) is 9.99. The summed E-state index contributed by atoms with van der Waals surface area (Å²) in [4.78, 5) is 0. The monoisotopic (exact) mass is 316 g/mol. The molecular formula is C16H32N2O2S. The second-order valence-corrected chi connectivity index (χ2v) is 9.03. The van der Waals surface area contributed by atoms with Crippen LogP contribution in [-0.4, -0.2) is 44.7 Å². The van der Waals surface area contributed by atoms with Gasteiger partial charge in [-0.05, 0) is 50.5 Å². The Kier molecular flexibility index (Phi) is 6.51. The zero-order valence-electron chi connectivity index (χ0n) is 13.7. The fraction of sp³-hybridized carbons (Fsp3) is 1.00. The van der Waals surface area contributed by atoms with Gasteiger partial charge < -0.3 is 5.32 Å². The lowest BCUT2D eigenvalue weighted by atomic mass is 9.78. The first-order valence-electron chi connectivity index (χ1n) is 8.67. The summed E-state index contributed by atoms with van der Waals surface area (Å²) in [5.41, 5.74) is 0. The molecule has 0 spiro atoms. The lowest BCUT2D eigenvalue weighted by Gasteiger charge is -2.35. The highest BCUT2D eigenvalue weighted by Gasteiger charge is 2.29. The minimum Gasteiger partial charge on any atom is -0.314 e. The van der Waals surface area contributed by atoms with Crippen LogP contribution in [0.2, 0.25) is 0 Å². The molecule has 1 aliphatic heterocycles. The van der Waals surface area contributed by atoms with Crippen LogP contribution in [0.5, 0.6) is 0 Å². The topological polar surface area (TPSA) is 49.4 Å². The highest BCUT2D eigenvalue weighted by Crippen LogP contribution is 2.33. The molecule has 1 heterocycles. The van der Waals surface area contributed by atoms with E-state index in [-0.39, 0.29) is 0 Å². The minimum absolute atomic E-state index is 0.530. The Labute approximate surface area is 130 Å². The lowest BCUT2D eigenvalue weighted by Crippen LogP contribution is -2.42. The molecule has 0 aromatic carbocycles. The predicted octanol–water partition coefficient (Wildman–Crippen LogP) is 2.61. The number of nitrogens with zero attached hydrogens (tertiary/aromatic N) is 1. The highest BCUT2D eigenvalue weighted by atomic mass is 32.2. The number of nitrogens with one attached hydrogen (secondary N) is 1. The van der Waals surface area contributed by atoms with Crippen molar-refractivity contribution in [2.75, 3.05) is 25.9 Å². The molecular weight excluding hydrogens is 284 g/mol. The molecule has 124 valence electrons. The van der Waals surface area contributed by atoms with Gasteiger partial charge in [-0.1, -0.05) is 26.2 Å². The van der Waals surface area contributed by atoms with Crippen LogP contribution in [0.1, 0.15) is 58.3 Å². The third kappa shape index (κ3) is 5.53. The van der Waals surface area contributed by atoms with Gasteiger partial charge in [0, 0.05) is 19.1 Å². The van der Waals surface area contributed by atoms with Crippen LogP contribution in [0.3, 0.4) is 0 Å². The second-order valence-electron chi connectivity index (χ2n) is 7.05. The van der Waals surface area contributed by atoms with Gasteiger partial charge in [0.05, 0.1) is 6.26 Å². The SMILES string of the molecule is CCCNC(CC1CCC1)CC1CCCN(S(C)(=O)=O)C1. The molecule has 0 aromatic heterocycles. The molecule has 1 N–H and O–H groups in total. The molecule has 0 aromatic rings. The van der Waals surface area contributed by atoms with Crippen molar-refractivity contribution in [2.24, 2.45) is 11.8 Å². The fourth-order valence-electron chi connectivity index (χ4n) is 3.67. The Morgan fingerprint density at radius 1 is 1.14 bits per heavy atom. The van der Waals surface area contributed by atoms with E-state index in [0.29, 0.717) is 18.5 Å². The molecule has 2 rings (SSSR count). The van der Waals surface area contributed by atoms with E-state index in [1.807, 2.05) is 0 Å². The zero-order valence-corrected chi connectivity index (χ0v) is 14.5. The Balaban J connectivity index is 1.85. The molecule has 2 unspecified atom stereocenters. The molecule has 21 heavy (non-hydrogen) atoms. The Morgan fingerprint density at radius 3 is 2.38 bits per heavy atom. The van der Waals surface area contributed by atoms with Gasteiger partial charge in [0.25, 0.3) is 0 Å². The van der Waals surface area contributed by atoms with Crippen molar-refractivity contribution < 1.29 is 8.42 Å². The minimum atomic E-state index is -3.02. The van der Waals surface area contributed by atoms with Crippen LogP contribution in [0.4, 0.5) is 0 Å². The predicted molar refractivity (Wildman–Crippen MR) is 87.8 cm³/mol. The molecule has 1 saturated carbocycles. The normalized spacial score (nSPS) is 26.5. The summed E-state index contributed by atoms with van der Waals surface area (Å²) in [7, 11) is -3.02. The van der Waals surface area contributed by atoms with E-state index >= 15 is 0 Å². The van der Waals surface area contributed by atoms with Gasteiger partial charge in [0.2, 0.25) is 10.0 Å². The van der Waals surface area contributed by atoms with Gasteiger partial charge in [0.15, 0.2) is 0 Å². The van der Waals surface area contributed by atoms with E-state index in [4.69, 9.17) is 0 Å². The van der Waals surface area contributed by atoms with Gasteiger partial charge in [-0.15, -0.1) is 0 Å². The molecule has 1 saturated heterocycles. The number of hydrogen-bond donors (Lipinski definition) is 1. The first kappa shape index (κ1) is 17.2. The number of sulfonamides is 1. The van der Waals surface area contributed by atoms with E-state index < -0.39 is 10.0 Å². The quantitative estimate of drug-likeness (QED) is 0.749. The summed E-state index contributed by atoms with van der Waals surface area (Å²) in [5.74, 6) is 1.44.